The van der Waals surface area contributed by atoms with Crippen LogP contribution in [0.25, 0.3) is 0 Å². The summed E-state index contributed by atoms with van der Waals surface area (Å²) >= 11 is 13.9. The average molecular weight is 824 g/mol. The van der Waals surface area contributed by atoms with E-state index in [2.05, 4.69) is 48.2 Å². The highest BCUT2D eigenvalue weighted by Gasteiger charge is 2.31. The molecule has 11 heteroatoms. The third-order valence-electron chi connectivity index (χ3n) is 10.2. The van der Waals surface area contributed by atoms with Gasteiger partial charge in [-0.2, -0.15) is 11.8 Å². The van der Waals surface area contributed by atoms with Crippen LogP contribution < -0.4 is 0 Å². The molecule has 0 aliphatic carbocycles. The van der Waals surface area contributed by atoms with Crippen molar-refractivity contribution in [2.75, 3.05) is 76.5 Å². The Labute approximate surface area is 343 Å². The van der Waals surface area contributed by atoms with Crippen molar-refractivity contribution in [1.82, 2.24) is 9.80 Å². The predicted molar refractivity (Wildman–Crippen MR) is 228 cm³/mol. The number of hydrogen-bond acceptors (Lipinski definition) is 8. The van der Waals surface area contributed by atoms with Crippen LogP contribution in [-0.2, 0) is 20.3 Å². The van der Waals surface area contributed by atoms with Crippen LogP contribution in [0, 0.1) is 11.8 Å². The summed E-state index contributed by atoms with van der Waals surface area (Å²) in [5.74, 6) is 4.12. The lowest BCUT2D eigenvalue weighted by Crippen LogP contribution is -2.39. The molecule has 5 atom stereocenters. The number of piperidine rings is 2. The van der Waals surface area contributed by atoms with Crippen molar-refractivity contribution in [2.45, 2.75) is 24.7 Å². The highest BCUT2D eigenvalue weighted by atomic mass is 35.5. The maximum Gasteiger partial charge on any atom is 0.338 e. The molecule has 2 saturated heterocycles. The minimum atomic E-state index is -1.03. The summed E-state index contributed by atoms with van der Waals surface area (Å²) in [6, 6.07) is 34.3. The fourth-order valence-corrected chi connectivity index (χ4v) is 9.87. The van der Waals surface area contributed by atoms with Crippen molar-refractivity contribution in [3.05, 3.63) is 141 Å². The number of carbonyl (C=O) groups is 2. The topological polar surface area (TPSA) is 76.2 Å². The van der Waals surface area contributed by atoms with Gasteiger partial charge in [0.1, 0.15) is 13.2 Å². The Morgan fingerprint density at radius 3 is 1.64 bits per heavy atom. The van der Waals surface area contributed by atoms with Gasteiger partial charge < -0.3 is 19.3 Å². The zero-order valence-electron chi connectivity index (χ0n) is 31.7. The molecular weight excluding hydrogens is 772 g/mol. The van der Waals surface area contributed by atoms with Crippen molar-refractivity contribution in [3.63, 3.8) is 0 Å². The molecule has 2 heterocycles. The average Bonchev–Trinajstić information content (AvgIpc) is 3.19. The van der Waals surface area contributed by atoms with Crippen LogP contribution in [0.4, 0.5) is 0 Å². The van der Waals surface area contributed by atoms with Gasteiger partial charge in [-0.15, -0.1) is 0 Å². The molecule has 1 unspecified atom stereocenters. The minimum absolute atomic E-state index is 0.175. The number of carbonyl (C=O) groups excluding carboxylic acids is 2. The number of likely N-dealkylation sites (tertiary alicyclic amines) is 2. The van der Waals surface area contributed by atoms with E-state index in [0.29, 0.717) is 52.9 Å². The van der Waals surface area contributed by atoms with Crippen molar-refractivity contribution >= 4 is 57.7 Å². The predicted octanol–water partition coefficient (Wildman–Crippen LogP) is 8.95. The van der Waals surface area contributed by atoms with E-state index in [9.17, 15) is 13.8 Å². The molecule has 0 amide bonds. The Morgan fingerprint density at radius 1 is 0.673 bits per heavy atom. The molecule has 0 bridgehead atoms. The van der Waals surface area contributed by atoms with E-state index in [1.54, 1.807) is 36.4 Å². The number of halogens is 2. The zero-order chi connectivity index (χ0) is 39.0. The van der Waals surface area contributed by atoms with Gasteiger partial charge in [0.05, 0.1) is 16.9 Å². The molecule has 2 fully saturated rings. The van der Waals surface area contributed by atoms with Crippen LogP contribution in [-0.4, -0.2) is 102 Å². The molecule has 0 aromatic heterocycles. The van der Waals surface area contributed by atoms with Gasteiger partial charge in [0, 0.05) is 45.4 Å². The molecular formula is C44H52Cl2N2O5S2. The first kappa shape index (κ1) is 43.0. The van der Waals surface area contributed by atoms with E-state index in [4.69, 9.17) is 32.7 Å². The van der Waals surface area contributed by atoms with E-state index in [1.807, 2.05) is 60.3 Å². The van der Waals surface area contributed by atoms with Crippen LogP contribution in [0.3, 0.4) is 0 Å². The minimum Gasteiger partial charge on any atom is -0.461 e. The summed E-state index contributed by atoms with van der Waals surface area (Å²) in [7, 11) is 3.26. The summed E-state index contributed by atoms with van der Waals surface area (Å²) in [6.07, 6.45) is 2.22. The van der Waals surface area contributed by atoms with Crippen LogP contribution in [0.1, 0.15) is 56.5 Å². The molecule has 0 radical (unpaired) electrons. The maximum absolute atomic E-state index is 12.6. The van der Waals surface area contributed by atoms with Gasteiger partial charge in [0.25, 0.3) is 0 Å². The van der Waals surface area contributed by atoms with Crippen LogP contribution in [0.2, 0.25) is 10.0 Å². The van der Waals surface area contributed by atoms with Crippen LogP contribution in [0.5, 0.6) is 0 Å². The number of hydrogen-bond donors (Lipinski definition) is 0. The number of esters is 2. The second-order valence-corrected chi connectivity index (χ2v) is 18.0. The lowest BCUT2D eigenvalue weighted by atomic mass is 9.81. The Bertz CT molecular complexity index is 1780. The molecule has 4 aromatic carbocycles. The normalized spacial score (nSPS) is 20.8. The van der Waals surface area contributed by atoms with Gasteiger partial charge in [-0.25, -0.2) is 9.59 Å². The third-order valence-corrected chi connectivity index (χ3v) is 13.3. The van der Waals surface area contributed by atoms with Gasteiger partial charge in [-0.05, 0) is 129 Å². The van der Waals surface area contributed by atoms with E-state index in [0.717, 1.165) is 54.2 Å². The largest absolute Gasteiger partial charge is 0.461 e. The fourth-order valence-electron chi connectivity index (χ4n) is 7.36. The molecule has 0 N–H and O–H groups in total. The number of ether oxygens (including phenoxy) is 2. The first-order valence-electron chi connectivity index (χ1n) is 18.9. The van der Waals surface area contributed by atoms with Gasteiger partial charge in [-0.1, -0.05) is 83.9 Å². The van der Waals surface area contributed by atoms with E-state index in [1.165, 1.54) is 17.5 Å². The Morgan fingerprint density at radius 2 is 1.13 bits per heavy atom. The van der Waals surface area contributed by atoms with Crippen LogP contribution in [0.15, 0.2) is 109 Å². The summed E-state index contributed by atoms with van der Waals surface area (Å²) in [4.78, 5) is 28.7. The number of benzene rings is 4. The lowest BCUT2D eigenvalue weighted by molar-refractivity contribution is 0.0520. The summed E-state index contributed by atoms with van der Waals surface area (Å²) in [5, 5.41) is 1.52. The second kappa shape index (κ2) is 22.5. The second-order valence-electron chi connectivity index (χ2n) is 14.3. The van der Waals surface area contributed by atoms with Gasteiger partial charge in [0.2, 0.25) is 0 Å². The molecule has 7 nitrogen and oxygen atoms in total. The number of thioether (sulfide) groups is 1. The molecule has 4 aromatic rings. The SMILES string of the molecule is CN1CC[C@H](c2ccc(Cl)cc2)[C@@H](CS(=O)CCOC(=O)c2ccccc2)C1.CN1CC[C@H](c2ccc(Cl)cc2)[C@@H](CSCCOC(=O)c2ccccc2)C1. The molecule has 0 saturated carbocycles. The summed E-state index contributed by atoms with van der Waals surface area (Å²) in [5.41, 5.74) is 3.77. The molecule has 2 aliphatic heterocycles. The third kappa shape index (κ3) is 14.1. The maximum atomic E-state index is 12.6. The van der Waals surface area contributed by atoms with E-state index in [-0.39, 0.29) is 18.5 Å². The monoisotopic (exact) mass is 822 g/mol. The standard InChI is InChI=1S/C22H26ClNO3S.C22H26ClNO2S/c1-24-12-11-21(17-7-9-20(23)10-8-17)19(15-24)16-28(26)14-13-27-22(25)18-5-3-2-4-6-18;1-24-12-11-21(17-7-9-20(23)10-8-17)19(15-24)16-27-14-13-26-22(25)18-5-3-2-4-6-18/h2-10,19,21H,11-16H2,1H3;2-10,19,21H,11-16H2,1H3/t19-,21-,28?;19-,21-/m11/s1. The van der Waals surface area contributed by atoms with Crippen molar-refractivity contribution in [1.29, 1.82) is 0 Å². The number of nitrogens with zero attached hydrogens (tertiary/aromatic N) is 2. The first-order chi connectivity index (χ1) is 26.7. The van der Waals surface area contributed by atoms with Gasteiger partial charge in [0.15, 0.2) is 0 Å². The van der Waals surface area contributed by atoms with E-state index >= 15 is 0 Å². The highest BCUT2D eigenvalue weighted by molar-refractivity contribution is 7.99. The molecule has 0 spiro atoms. The Kier molecular flexibility index (Phi) is 17.6. The lowest BCUT2D eigenvalue weighted by Gasteiger charge is -2.37. The molecule has 294 valence electrons. The Balaban J connectivity index is 0.000000211. The Hall–Kier alpha value is -3.18. The van der Waals surface area contributed by atoms with Gasteiger partial charge in [-0.3, -0.25) is 4.21 Å². The molecule has 2 aliphatic rings. The van der Waals surface area contributed by atoms with E-state index < -0.39 is 10.8 Å². The molecule has 55 heavy (non-hydrogen) atoms. The zero-order valence-corrected chi connectivity index (χ0v) is 34.8. The van der Waals surface area contributed by atoms with Crippen molar-refractivity contribution in [3.8, 4) is 0 Å². The first-order valence-corrected chi connectivity index (χ1v) is 22.3. The van der Waals surface area contributed by atoms with Crippen molar-refractivity contribution in [2.24, 2.45) is 11.8 Å². The number of rotatable bonds is 14. The van der Waals surface area contributed by atoms with Gasteiger partial charge >= 0.3 is 11.9 Å². The highest BCUT2D eigenvalue weighted by Crippen LogP contribution is 2.36. The summed E-state index contributed by atoms with van der Waals surface area (Å²) < 4.78 is 23.3. The van der Waals surface area contributed by atoms with Crippen molar-refractivity contribution < 1.29 is 23.3 Å². The summed E-state index contributed by atoms with van der Waals surface area (Å²) in [6.45, 7) is 4.81. The fraction of sp³-hybridized carbons (Fsp3) is 0.409. The smallest absolute Gasteiger partial charge is 0.338 e. The van der Waals surface area contributed by atoms with Crippen LogP contribution >= 0.6 is 35.0 Å². The molecule has 6 rings (SSSR count). The quantitative estimate of drug-likeness (QED) is 0.0923.